The number of nitrogens with zero attached hydrogens (tertiary/aromatic N) is 1. The fourth-order valence-corrected chi connectivity index (χ4v) is 2.18. The van der Waals surface area contributed by atoms with Crippen molar-refractivity contribution >= 4 is 28.4 Å². The highest BCUT2D eigenvalue weighted by atomic mass is 16.1. The largest absolute Gasteiger partial charge is 0.399 e. The van der Waals surface area contributed by atoms with Crippen LogP contribution in [0.3, 0.4) is 0 Å². The fraction of sp³-hybridized carbons (Fsp3) is 0. The number of hydrogen-bond donors (Lipinski definition) is 1. The van der Waals surface area contributed by atoms with Gasteiger partial charge in [-0.05, 0) is 48.0 Å². The number of ketones is 1. The van der Waals surface area contributed by atoms with Gasteiger partial charge < -0.3 is 5.73 Å². The lowest BCUT2D eigenvalue weighted by molar-refractivity contribution is 0.104. The normalized spacial score (nSPS) is 11.0. The molecular formula is C18H14N2O. The summed E-state index contributed by atoms with van der Waals surface area (Å²) >= 11 is 0. The number of carbonyl (C=O) groups is 1. The lowest BCUT2D eigenvalue weighted by Crippen LogP contribution is -1.94. The van der Waals surface area contributed by atoms with E-state index in [1.54, 1.807) is 36.5 Å². The molecule has 3 rings (SSSR count). The van der Waals surface area contributed by atoms with E-state index in [1.165, 1.54) is 0 Å². The van der Waals surface area contributed by atoms with Crippen molar-refractivity contribution in [1.82, 2.24) is 4.98 Å². The van der Waals surface area contributed by atoms with Gasteiger partial charge >= 0.3 is 0 Å². The summed E-state index contributed by atoms with van der Waals surface area (Å²) in [6, 6.07) is 16.6. The minimum atomic E-state index is -0.0455. The second kappa shape index (κ2) is 5.59. The van der Waals surface area contributed by atoms with Gasteiger partial charge in [0, 0.05) is 22.8 Å². The first-order valence-electron chi connectivity index (χ1n) is 6.66. The van der Waals surface area contributed by atoms with E-state index in [0.717, 1.165) is 16.5 Å². The van der Waals surface area contributed by atoms with E-state index in [4.69, 9.17) is 5.73 Å². The molecule has 0 aliphatic rings. The first-order chi connectivity index (χ1) is 10.2. The number of nitrogen functional groups attached to an aromatic ring is 1. The standard InChI is InChI=1S/C18H14N2O/c19-15-9-6-14(7-10-15)18(21)11-8-13-3-1-5-17-16(13)4-2-12-20-17/h1-12H,19H2/b11-8+. The van der Waals surface area contributed by atoms with E-state index in [0.29, 0.717) is 11.3 Å². The van der Waals surface area contributed by atoms with Crippen molar-refractivity contribution in [1.29, 1.82) is 0 Å². The monoisotopic (exact) mass is 274 g/mol. The number of aromatic nitrogens is 1. The second-order valence-corrected chi connectivity index (χ2v) is 4.74. The van der Waals surface area contributed by atoms with Crippen molar-refractivity contribution in [3.8, 4) is 0 Å². The predicted molar refractivity (Wildman–Crippen MR) is 86.0 cm³/mol. The van der Waals surface area contributed by atoms with E-state index >= 15 is 0 Å². The van der Waals surface area contributed by atoms with E-state index in [2.05, 4.69) is 4.98 Å². The number of fused-ring (bicyclic) bond motifs is 1. The molecular weight excluding hydrogens is 260 g/mol. The molecule has 0 spiro atoms. The summed E-state index contributed by atoms with van der Waals surface area (Å²) < 4.78 is 0. The average Bonchev–Trinajstić information content (AvgIpc) is 2.53. The summed E-state index contributed by atoms with van der Waals surface area (Å²) in [5.41, 5.74) is 8.78. The molecule has 1 aromatic heterocycles. The van der Waals surface area contributed by atoms with Crippen LogP contribution < -0.4 is 5.73 Å². The summed E-state index contributed by atoms with van der Waals surface area (Å²) in [7, 11) is 0. The molecule has 3 nitrogen and oxygen atoms in total. The number of hydrogen-bond acceptors (Lipinski definition) is 3. The molecule has 1 heterocycles. The molecule has 102 valence electrons. The third-order valence-corrected chi connectivity index (χ3v) is 3.29. The van der Waals surface area contributed by atoms with Crippen molar-refractivity contribution < 1.29 is 4.79 Å². The topological polar surface area (TPSA) is 56.0 Å². The number of carbonyl (C=O) groups excluding carboxylic acids is 1. The van der Waals surface area contributed by atoms with Gasteiger partial charge in [0.2, 0.25) is 0 Å². The van der Waals surface area contributed by atoms with Gasteiger partial charge in [0.15, 0.2) is 5.78 Å². The summed E-state index contributed by atoms with van der Waals surface area (Å²) in [5.74, 6) is -0.0455. The Kier molecular flexibility index (Phi) is 3.48. The fourth-order valence-electron chi connectivity index (χ4n) is 2.18. The van der Waals surface area contributed by atoms with Gasteiger partial charge in [0.25, 0.3) is 0 Å². The predicted octanol–water partition coefficient (Wildman–Crippen LogP) is 3.71. The Labute approximate surface area is 122 Å². The first kappa shape index (κ1) is 13.1. The van der Waals surface area contributed by atoms with Crippen LogP contribution in [-0.4, -0.2) is 10.8 Å². The Balaban J connectivity index is 1.91. The van der Waals surface area contributed by atoms with Gasteiger partial charge in [-0.3, -0.25) is 9.78 Å². The second-order valence-electron chi connectivity index (χ2n) is 4.74. The first-order valence-corrected chi connectivity index (χ1v) is 6.66. The molecule has 2 N–H and O–H groups in total. The summed E-state index contributed by atoms with van der Waals surface area (Å²) in [5, 5.41) is 1.03. The van der Waals surface area contributed by atoms with Gasteiger partial charge in [-0.2, -0.15) is 0 Å². The zero-order valence-corrected chi connectivity index (χ0v) is 11.4. The molecule has 0 fully saturated rings. The minimum absolute atomic E-state index is 0.0455. The van der Waals surface area contributed by atoms with E-state index in [-0.39, 0.29) is 5.78 Å². The SMILES string of the molecule is Nc1ccc(C(=O)/C=C/c2cccc3ncccc23)cc1. The van der Waals surface area contributed by atoms with Crippen molar-refractivity contribution in [2.75, 3.05) is 5.73 Å². The highest BCUT2D eigenvalue weighted by Gasteiger charge is 2.02. The van der Waals surface area contributed by atoms with Gasteiger partial charge in [-0.1, -0.05) is 24.3 Å². The average molecular weight is 274 g/mol. The van der Waals surface area contributed by atoms with E-state index in [9.17, 15) is 4.79 Å². The van der Waals surface area contributed by atoms with Crippen molar-refractivity contribution in [2.45, 2.75) is 0 Å². The van der Waals surface area contributed by atoms with Crippen LogP contribution in [0.2, 0.25) is 0 Å². The van der Waals surface area contributed by atoms with Crippen LogP contribution in [0.1, 0.15) is 15.9 Å². The van der Waals surface area contributed by atoms with Gasteiger partial charge in [0.1, 0.15) is 0 Å². The molecule has 0 atom stereocenters. The number of rotatable bonds is 3. The van der Waals surface area contributed by atoms with Crippen LogP contribution in [0.15, 0.2) is 66.9 Å². The molecule has 21 heavy (non-hydrogen) atoms. The molecule has 3 heteroatoms. The maximum absolute atomic E-state index is 12.1. The molecule has 0 aliphatic heterocycles. The lowest BCUT2D eigenvalue weighted by atomic mass is 10.1. The highest BCUT2D eigenvalue weighted by Crippen LogP contribution is 2.18. The number of pyridine rings is 1. The van der Waals surface area contributed by atoms with Crippen LogP contribution in [0, 0.1) is 0 Å². The quantitative estimate of drug-likeness (QED) is 0.450. The maximum atomic E-state index is 12.1. The van der Waals surface area contributed by atoms with Gasteiger partial charge in [-0.25, -0.2) is 0 Å². The Morgan fingerprint density at radius 3 is 2.62 bits per heavy atom. The molecule has 0 amide bonds. The maximum Gasteiger partial charge on any atom is 0.185 e. The molecule has 0 bridgehead atoms. The van der Waals surface area contributed by atoms with Crippen LogP contribution in [0.5, 0.6) is 0 Å². The molecule has 0 radical (unpaired) electrons. The number of allylic oxidation sites excluding steroid dienone is 1. The summed E-state index contributed by atoms with van der Waals surface area (Å²) in [6.45, 7) is 0. The van der Waals surface area contributed by atoms with E-state index < -0.39 is 0 Å². The summed E-state index contributed by atoms with van der Waals surface area (Å²) in [6.07, 6.45) is 5.16. The Bertz CT molecular complexity index is 815. The lowest BCUT2D eigenvalue weighted by Gasteiger charge is -2.01. The van der Waals surface area contributed by atoms with Crippen molar-refractivity contribution in [3.05, 3.63) is 78.0 Å². The summed E-state index contributed by atoms with van der Waals surface area (Å²) in [4.78, 5) is 16.4. The van der Waals surface area contributed by atoms with Gasteiger partial charge in [-0.15, -0.1) is 0 Å². The molecule has 0 aliphatic carbocycles. The minimum Gasteiger partial charge on any atom is -0.399 e. The molecule has 2 aromatic carbocycles. The van der Waals surface area contributed by atoms with Crippen LogP contribution in [0.4, 0.5) is 5.69 Å². The number of benzene rings is 2. The zero-order chi connectivity index (χ0) is 14.7. The zero-order valence-electron chi connectivity index (χ0n) is 11.4. The van der Waals surface area contributed by atoms with E-state index in [1.807, 2.05) is 36.4 Å². The van der Waals surface area contributed by atoms with Crippen LogP contribution in [-0.2, 0) is 0 Å². The van der Waals surface area contributed by atoms with Crippen LogP contribution >= 0.6 is 0 Å². The third-order valence-electron chi connectivity index (χ3n) is 3.29. The Morgan fingerprint density at radius 2 is 1.81 bits per heavy atom. The third kappa shape index (κ3) is 2.82. The highest BCUT2D eigenvalue weighted by molar-refractivity contribution is 6.07. The Morgan fingerprint density at radius 1 is 1.00 bits per heavy atom. The van der Waals surface area contributed by atoms with Gasteiger partial charge in [0.05, 0.1) is 5.52 Å². The molecule has 3 aromatic rings. The smallest absolute Gasteiger partial charge is 0.185 e. The Hall–Kier alpha value is -2.94. The van der Waals surface area contributed by atoms with Crippen molar-refractivity contribution in [3.63, 3.8) is 0 Å². The molecule has 0 unspecified atom stereocenters. The number of nitrogens with two attached hydrogens (primary N) is 1. The number of anilines is 1. The van der Waals surface area contributed by atoms with Crippen LogP contribution in [0.25, 0.3) is 17.0 Å². The molecule has 0 saturated carbocycles. The molecule has 0 saturated heterocycles. The van der Waals surface area contributed by atoms with Crippen molar-refractivity contribution in [2.24, 2.45) is 0 Å².